The Morgan fingerprint density at radius 3 is 2.96 bits per heavy atom. The molecular formula is C14H20N8S. The van der Waals surface area contributed by atoms with Crippen molar-refractivity contribution in [2.75, 3.05) is 18.4 Å². The van der Waals surface area contributed by atoms with Crippen LogP contribution in [0.5, 0.6) is 0 Å². The minimum Gasteiger partial charge on any atom is -0.370 e. The number of nitrogens with two attached hydrogens (primary N) is 2. The third-order valence-electron chi connectivity index (χ3n) is 4.29. The molecule has 1 fully saturated rings. The minimum absolute atomic E-state index is 0.222. The van der Waals surface area contributed by atoms with Gasteiger partial charge in [-0.1, -0.05) is 0 Å². The van der Waals surface area contributed by atoms with E-state index in [0.717, 1.165) is 42.2 Å². The van der Waals surface area contributed by atoms with Gasteiger partial charge in [-0.3, -0.25) is 5.73 Å². The van der Waals surface area contributed by atoms with Gasteiger partial charge < -0.3 is 16.4 Å². The van der Waals surface area contributed by atoms with Crippen LogP contribution in [0.25, 0.3) is 0 Å². The average molecular weight is 333 g/mol. The predicted octanol–water partition coefficient (Wildman–Crippen LogP) is 0.473. The molecule has 1 atom stereocenters. The topological polar surface area (TPSA) is 119 Å². The van der Waals surface area contributed by atoms with Crippen molar-refractivity contribution in [3.05, 3.63) is 27.8 Å². The lowest BCUT2D eigenvalue weighted by Crippen LogP contribution is -2.44. The van der Waals surface area contributed by atoms with Gasteiger partial charge in [0.2, 0.25) is 0 Å². The second-order valence-corrected chi connectivity index (χ2v) is 7.11. The molecule has 122 valence electrons. The monoisotopic (exact) mass is 333 g/mol. The van der Waals surface area contributed by atoms with E-state index in [2.05, 4.69) is 25.7 Å². The Morgan fingerprint density at radius 2 is 2.26 bits per heavy atom. The number of rotatable bonds is 2. The van der Waals surface area contributed by atoms with Crippen molar-refractivity contribution in [3.8, 4) is 0 Å². The highest BCUT2D eigenvalue weighted by atomic mass is 32.1. The molecule has 2 aliphatic heterocycles. The molecule has 2 aliphatic rings. The van der Waals surface area contributed by atoms with Crippen molar-refractivity contribution in [2.24, 2.45) is 16.5 Å². The lowest BCUT2D eigenvalue weighted by atomic mass is 10.0. The first-order chi connectivity index (χ1) is 11.5. The maximum absolute atomic E-state index is 7.87. The summed E-state index contributed by atoms with van der Waals surface area (Å²) in [5.41, 5.74) is 12.1. The van der Waals surface area contributed by atoms with Crippen LogP contribution in [-0.4, -0.2) is 33.8 Å². The van der Waals surface area contributed by atoms with Gasteiger partial charge in [-0.25, -0.2) is 14.7 Å². The zero-order valence-corrected chi connectivity index (χ0v) is 13.7. The van der Waals surface area contributed by atoms with Crippen molar-refractivity contribution >= 4 is 23.1 Å². The summed E-state index contributed by atoms with van der Waals surface area (Å²) in [5, 5.41) is 11.6. The van der Waals surface area contributed by atoms with E-state index in [-0.39, 0.29) is 12.1 Å². The number of hydrogen-bond donors (Lipinski definition) is 4. The molecule has 0 aromatic carbocycles. The summed E-state index contributed by atoms with van der Waals surface area (Å²) in [6.45, 7) is 3.77. The van der Waals surface area contributed by atoms with Gasteiger partial charge in [0.25, 0.3) is 0 Å². The van der Waals surface area contributed by atoms with E-state index in [1.165, 1.54) is 11.3 Å². The summed E-state index contributed by atoms with van der Waals surface area (Å²) in [6, 6.07) is 0.294. The number of nitrogens with zero attached hydrogens (tertiary/aromatic N) is 4. The van der Waals surface area contributed by atoms with Gasteiger partial charge in [-0.05, 0) is 32.9 Å². The molecule has 6 N–H and O–H groups in total. The Labute approximate surface area is 139 Å². The summed E-state index contributed by atoms with van der Waals surface area (Å²) < 4.78 is 9.83. The average Bonchev–Trinajstić information content (AvgIpc) is 3.13. The number of fused-ring (bicyclic) bond motifs is 1. The Balaban J connectivity index is 1.81. The first-order valence-electron chi connectivity index (χ1n) is 8.13. The fraction of sp³-hybridized carbons (Fsp3) is 0.500. The highest BCUT2D eigenvalue weighted by Crippen LogP contribution is 2.39. The lowest BCUT2D eigenvalue weighted by molar-refractivity contribution is 0.346. The summed E-state index contributed by atoms with van der Waals surface area (Å²) in [5.74, 6) is 1.01. The van der Waals surface area contributed by atoms with Crippen LogP contribution in [0.4, 0.5) is 5.82 Å². The van der Waals surface area contributed by atoms with Gasteiger partial charge in [-0.15, -0.1) is 11.3 Å². The Hall–Kier alpha value is -1.97. The number of piperidine rings is 1. The molecule has 1 unspecified atom stereocenters. The van der Waals surface area contributed by atoms with Gasteiger partial charge in [0, 0.05) is 11.1 Å². The molecule has 4 rings (SSSR count). The molecule has 9 heteroatoms. The van der Waals surface area contributed by atoms with Crippen molar-refractivity contribution in [2.45, 2.75) is 31.5 Å². The summed E-state index contributed by atoms with van der Waals surface area (Å²) in [6.07, 6.45) is 3.95. The Morgan fingerprint density at radius 1 is 1.48 bits per heavy atom. The molecule has 0 saturated carbocycles. The molecule has 0 radical (unpaired) electrons. The Kier molecular flexibility index (Phi) is 3.10. The first kappa shape index (κ1) is 13.5. The molecule has 0 amide bonds. The number of nitrogens with one attached hydrogen (secondary N) is 2. The highest BCUT2D eigenvalue weighted by molar-refractivity contribution is 7.11. The zero-order valence-electron chi connectivity index (χ0n) is 13.8. The molecular weight excluding hydrogens is 312 g/mol. The quantitative estimate of drug-likeness (QED) is 0.634. The summed E-state index contributed by atoms with van der Waals surface area (Å²) >= 11 is 1.37. The molecule has 0 bridgehead atoms. The maximum atomic E-state index is 7.87. The Bertz CT molecular complexity index is 786. The molecule has 1 saturated heterocycles. The van der Waals surface area contributed by atoms with Gasteiger partial charge in [0.05, 0.1) is 19.2 Å². The number of aryl methyl sites for hydroxylation is 1. The van der Waals surface area contributed by atoms with Crippen LogP contribution in [-0.2, 0) is 5.66 Å². The largest absolute Gasteiger partial charge is 0.370 e. The molecule has 2 aromatic heterocycles. The van der Waals surface area contributed by atoms with Gasteiger partial charge >= 0.3 is 0 Å². The maximum Gasteiger partial charge on any atom is 0.196 e. The SMILES string of the molecule is [2H]c1nc(C2(N)N=C(N)Nc3c2cnn3C2CCNCC2)sc1C. The van der Waals surface area contributed by atoms with E-state index < -0.39 is 5.66 Å². The number of anilines is 1. The molecule has 23 heavy (non-hydrogen) atoms. The second kappa shape index (κ2) is 5.29. The van der Waals surface area contributed by atoms with Gasteiger partial charge in [-0.2, -0.15) is 5.10 Å². The van der Waals surface area contributed by atoms with Crippen molar-refractivity contribution in [1.82, 2.24) is 20.1 Å². The standard InChI is InChI=1S/C14H20N8S/c1-8-6-18-12(23-8)14(16)10-7-19-22(9-2-4-17-5-3-9)11(10)20-13(15)21-14/h6-7,9,17H,2-5,16H2,1H3,(H3,15,20,21)/i6D. The van der Waals surface area contributed by atoms with Crippen LogP contribution in [0.2, 0.25) is 0 Å². The minimum atomic E-state index is -1.20. The molecule has 0 spiro atoms. The molecule has 8 nitrogen and oxygen atoms in total. The van der Waals surface area contributed by atoms with Crippen LogP contribution >= 0.6 is 11.3 Å². The van der Waals surface area contributed by atoms with Crippen LogP contribution in [0, 0.1) is 6.92 Å². The normalized spacial score (nSPS) is 25.5. The smallest absolute Gasteiger partial charge is 0.196 e. The summed E-state index contributed by atoms with van der Waals surface area (Å²) in [4.78, 5) is 9.48. The first-order valence-corrected chi connectivity index (χ1v) is 8.45. The molecule has 2 aromatic rings. The number of guanidine groups is 1. The van der Waals surface area contributed by atoms with E-state index in [1.54, 1.807) is 6.20 Å². The summed E-state index contributed by atoms with van der Waals surface area (Å²) in [7, 11) is 0. The van der Waals surface area contributed by atoms with E-state index in [4.69, 9.17) is 12.8 Å². The van der Waals surface area contributed by atoms with Crippen molar-refractivity contribution < 1.29 is 1.37 Å². The van der Waals surface area contributed by atoms with E-state index in [9.17, 15) is 0 Å². The highest BCUT2D eigenvalue weighted by Gasteiger charge is 2.41. The van der Waals surface area contributed by atoms with Crippen molar-refractivity contribution in [1.29, 1.82) is 0 Å². The predicted molar refractivity (Wildman–Crippen MR) is 90.4 cm³/mol. The fourth-order valence-electron chi connectivity index (χ4n) is 3.14. The van der Waals surface area contributed by atoms with E-state index in [1.807, 2.05) is 11.6 Å². The number of aliphatic imine (C=N–C) groups is 1. The third-order valence-corrected chi connectivity index (χ3v) is 5.29. The number of aromatic nitrogens is 3. The second-order valence-electron chi connectivity index (χ2n) is 5.91. The van der Waals surface area contributed by atoms with Crippen LogP contribution < -0.4 is 22.1 Å². The number of thiazole rings is 1. The van der Waals surface area contributed by atoms with Crippen LogP contribution in [0.1, 0.15) is 35.7 Å². The van der Waals surface area contributed by atoms with Gasteiger partial charge in [0.15, 0.2) is 11.6 Å². The molecule has 0 aliphatic carbocycles. The lowest BCUT2D eigenvalue weighted by Gasteiger charge is -2.30. The van der Waals surface area contributed by atoms with Crippen LogP contribution in [0.3, 0.4) is 0 Å². The van der Waals surface area contributed by atoms with E-state index in [0.29, 0.717) is 11.0 Å². The fourth-order valence-corrected chi connectivity index (χ4v) is 3.92. The van der Waals surface area contributed by atoms with E-state index >= 15 is 0 Å². The molecule has 4 heterocycles. The van der Waals surface area contributed by atoms with Gasteiger partial charge in [0.1, 0.15) is 10.8 Å². The zero-order chi connectivity index (χ0) is 16.9. The van der Waals surface area contributed by atoms with Crippen LogP contribution in [0.15, 0.2) is 17.4 Å². The van der Waals surface area contributed by atoms with Crippen molar-refractivity contribution in [3.63, 3.8) is 0 Å². The number of hydrogen-bond acceptors (Lipinski definition) is 8. The third kappa shape index (κ3) is 2.32.